The van der Waals surface area contributed by atoms with E-state index in [9.17, 15) is 9.59 Å². The summed E-state index contributed by atoms with van der Waals surface area (Å²) in [5.41, 5.74) is 0.317. The Morgan fingerprint density at radius 3 is 2.60 bits per heavy atom. The maximum absolute atomic E-state index is 11.9. The van der Waals surface area contributed by atoms with Gasteiger partial charge in [-0.25, -0.2) is 0 Å². The molecule has 0 saturated carbocycles. The van der Waals surface area contributed by atoms with Crippen LogP contribution >= 0.6 is 0 Å². The summed E-state index contributed by atoms with van der Waals surface area (Å²) < 4.78 is 8.16. The molecule has 0 aromatic carbocycles. The monoisotopic (exact) mass is 274 g/mol. The Hall–Kier alpha value is -1.20. The average Bonchev–Trinajstić information content (AvgIpc) is 2.70. The number of aromatic nitrogens is 2. The molecule has 2 amide bonds. The van der Waals surface area contributed by atoms with E-state index in [-0.39, 0.29) is 26.8 Å². The summed E-state index contributed by atoms with van der Waals surface area (Å²) >= 11 is -0.295. The van der Waals surface area contributed by atoms with Gasteiger partial charge < -0.3 is 0 Å². The molecule has 1 aliphatic heterocycles. The fourth-order valence-corrected chi connectivity index (χ4v) is 2.62. The first-order valence-electron chi connectivity index (χ1n) is 4.41. The van der Waals surface area contributed by atoms with Crippen LogP contribution in [0.4, 0.5) is 5.82 Å². The third-order valence-electron chi connectivity index (χ3n) is 2.58. The van der Waals surface area contributed by atoms with Gasteiger partial charge in [-0.15, -0.1) is 0 Å². The van der Waals surface area contributed by atoms with Gasteiger partial charge in [0.05, 0.1) is 0 Å². The molecule has 0 aliphatic carbocycles. The molecule has 2 heterocycles. The molecule has 0 radical (unpaired) electrons. The number of anilines is 1. The molecule has 0 bridgehead atoms. The molecule has 1 aromatic heterocycles. The van der Waals surface area contributed by atoms with Crippen LogP contribution in [0.5, 0.6) is 0 Å². The van der Waals surface area contributed by atoms with E-state index in [1.54, 1.807) is 21.0 Å². The molecule has 6 nitrogen and oxygen atoms in total. The molecule has 1 aromatic rings. The van der Waals surface area contributed by atoms with E-state index in [1.807, 2.05) is 0 Å². The van der Waals surface area contributed by atoms with Crippen LogP contribution in [-0.4, -0.2) is 59.8 Å². The fraction of sp³-hybridized carbons (Fsp3) is 0.500. The zero-order valence-electron chi connectivity index (χ0n) is 8.59. The minimum absolute atomic E-state index is 0.132. The van der Waals surface area contributed by atoms with Gasteiger partial charge in [0.15, 0.2) is 0 Å². The van der Waals surface area contributed by atoms with Crippen molar-refractivity contribution in [2.24, 2.45) is 0 Å². The number of rotatable bonds is 0. The summed E-state index contributed by atoms with van der Waals surface area (Å²) in [7, 11) is 3.23. The second-order valence-corrected chi connectivity index (χ2v) is 4.53. The van der Waals surface area contributed by atoms with Crippen molar-refractivity contribution in [3.8, 4) is 0 Å². The number of hydrogen-bond donors (Lipinski definition) is 0. The third kappa shape index (κ3) is 1.39. The van der Waals surface area contributed by atoms with Crippen LogP contribution in [0.15, 0.2) is 0 Å². The van der Waals surface area contributed by atoms with E-state index in [1.165, 1.54) is 9.80 Å². The van der Waals surface area contributed by atoms with Crippen LogP contribution in [0.1, 0.15) is 17.4 Å². The van der Waals surface area contributed by atoms with Crippen molar-refractivity contribution >= 4 is 32.6 Å². The summed E-state index contributed by atoms with van der Waals surface area (Å²) in [6.45, 7) is 1.70. The van der Waals surface area contributed by atoms with Crippen molar-refractivity contribution in [1.29, 1.82) is 0 Å². The van der Waals surface area contributed by atoms with E-state index in [0.717, 1.165) is 0 Å². The Morgan fingerprint density at radius 1 is 1.27 bits per heavy atom. The maximum atomic E-state index is 11.9. The summed E-state index contributed by atoms with van der Waals surface area (Å²) in [6, 6.07) is -0.467. The van der Waals surface area contributed by atoms with Gasteiger partial charge in [0.1, 0.15) is 0 Å². The van der Waals surface area contributed by atoms with Crippen molar-refractivity contribution in [2.45, 2.75) is 13.0 Å². The van der Waals surface area contributed by atoms with Gasteiger partial charge in [-0.1, -0.05) is 0 Å². The zero-order valence-corrected chi connectivity index (χ0v) is 10.3. The van der Waals surface area contributed by atoms with Crippen LogP contribution in [-0.2, 0) is 4.79 Å². The molecule has 80 valence electrons. The molecule has 0 spiro atoms. The Kier molecular flexibility index (Phi) is 2.36. The van der Waals surface area contributed by atoms with Crippen LogP contribution in [0.3, 0.4) is 0 Å². The van der Waals surface area contributed by atoms with Crippen LogP contribution in [0.25, 0.3) is 0 Å². The summed E-state index contributed by atoms with van der Waals surface area (Å²) in [4.78, 5) is 26.5. The van der Waals surface area contributed by atoms with Crippen LogP contribution < -0.4 is 4.90 Å². The quantitative estimate of drug-likeness (QED) is 0.567. The van der Waals surface area contributed by atoms with Crippen molar-refractivity contribution in [3.63, 3.8) is 0 Å². The standard InChI is InChI=1S/C8H10N4O2Se/c1-4-7(13)12(3)6-5(9-15-10-6)8(14)11(4)2/h4H,1-3H3. The van der Waals surface area contributed by atoms with E-state index in [4.69, 9.17) is 0 Å². The van der Waals surface area contributed by atoms with Gasteiger partial charge in [-0.2, -0.15) is 0 Å². The van der Waals surface area contributed by atoms with Crippen molar-refractivity contribution in [3.05, 3.63) is 5.69 Å². The summed E-state index contributed by atoms with van der Waals surface area (Å²) in [5, 5.41) is 0. The number of likely N-dealkylation sites (N-methyl/N-ethyl adjacent to an activating group) is 2. The van der Waals surface area contributed by atoms with Crippen molar-refractivity contribution < 1.29 is 9.59 Å². The number of carbonyl (C=O) groups excluding carboxylic acids is 2. The molecular formula is C8H10N4O2Se. The zero-order chi connectivity index (χ0) is 11.2. The second kappa shape index (κ2) is 3.43. The first-order chi connectivity index (χ1) is 7.04. The number of amides is 2. The molecule has 7 heteroatoms. The Labute approximate surface area is 93.1 Å². The minimum atomic E-state index is -0.467. The predicted molar refractivity (Wildman–Crippen MR) is 53.9 cm³/mol. The molecule has 0 N–H and O–H groups in total. The van der Waals surface area contributed by atoms with E-state index >= 15 is 0 Å². The van der Waals surface area contributed by atoms with Gasteiger partial charge in [0.25, 0.3) is 0 Å². The van der Waals surface area contributed by atoms with Gasteiger partial charge >= 0.3 is 92.7 Å². The number of hydrogen-bond acceptors (Lipinski definition) is 4. The molecule has 2 rings (SSSR count). The average molecular weight is 273 g/mol. The summed E-state index contributed by atoms with van der Waals surface area (Å²) in [5.74, 6) is 0.0621. The normalized spacial score (nSPS) is 21.7. The first-order valence-corrected chi connectivity index (χ1v) is 5.94. The van der Waals surface area contributed by atoms with Crippen molar-refractivity contribution in [1.82, 2.24) is 12.9 Å². The molecule has 0 saturated heterocycles. The summed E-state index contributed by atoms with van der Waals surface area (Å²) in [6.07, 6.45) is 0. The molecule has 0 fully saturated rings. The van der Waals surface area contributed by atoms with Crippen LogP contribution in [0.2, 0.25) is 0 Å². The van der Waals surface area contributed by atoms with Crippen molar-refractivity contribution in [2.75, 3.05) is 19.0 Å². The Balaban J connectivity index is 2.57. The number of fused-ring (bicyclic) bond motifs is 1. The fourth-order valence-electron chi connectivity index (χ4n) is 1.43. The topological polar surface area (TPSA) is 66.4 Å². The molecule has 15 heavy (non-hydrogen) atoms. The molecule has 1 aliphatic rings. The molecule has 1 unspecified atom stereocenters. The number of nitrogens with zero attached hydrogens (tertiary/aromatic N) is 4. The van der Waals surface area contributed by atoms with Gasteiger partial charge in [0.2, 0.25) is 0 Å². The molecular weight excluding hydrogens is 263 g/mol. The van der Waals surface area contributed by atoms with Gasteiger partial charge in [-0.3, -0.25) is 0 Å². The van der Waals surface area contributed by atoms with E-state index in [2.05, 4.69) is 7.96 Å². The third-order valence-corrected chi connectivity index (χ3v) is 3.67. The SMILES string of the molecule is CC1C(=O)N(C)c2n[se]nc2C(=O)N1C. The molecule has 1 atom stereocenters. The first kappa shape index (κ1) is 10.3. The van der Waals surface area contributed by atoms with Crippen LogP contribution in [0, 0.1) is 0 Å². The van der Waals surface area contributed by atoms with Gasteiger partial charge in [-0.05, 0) is 0 Å². The van der Waals surface area contributed by atoms with Gasteiger partial charge in [0, 0.05) is 0 Å². The predicted octanol–water partition coefficient (Wildman–Crippen LogP) is -1.03. The number of carbonyl (C=O) groups is 2. The Bertz CT molecular complexity index is 430. The second-order valence-electron chi connectivity index (χ2n) is 3.43. The van der Waals surface area contributed by atoms with E-state index in [0.29, 0.717) is 11.5 Å². The Morgan fingerprint density at radius 2 is 1.93 bits per heavy atom. The van der Waals surface area contributed by atoms with E-state index < -0.39 is 6.04 Å².